The van der Waals surface area contributed by atoms with Crippen LogP contribution in [0.25, 0.3) is 0 Å². The van der Waals surface area contributed by atoms with Gasteiger partial charge in [-0.3, -0.25) is 10.1 Å². The van der Waals surface area contributed by atoms with Gasteiger partial charge in [-0.05, 0) is 24.1 Å². The van der Waals surface area contributed by atoms with E-state index in [1.165, 1.54) is 6.07 Å². The molecule has 0 bridgehead atoms. The highest BCUT2D eigenvalue weighted by molar-refractivity contribution is 5.90. The van der Waals surface area contributed by atoms with Gasteiger partial charge < -0.3 is 9.84 Å². The van der Waals surface area contributed by atoms with E-state index in [1.54, 1.807) is 6.92 Å². The van der Waals surface area contributed by atoms with Crippen molar-refractivity contribution in [2.45, 2.75) is 13.5 Å². The highest BCUT2D eigenvalue weighted by Crippen LogP contribution is 2.31. The molecule has 0 aliphatic carbocycles. The van der Waals surface area contributed by atoms with Gasteiger partial charge in [0.2, 0.25) is 0 Å². The van der Waals surface area contributed by atoms with Crippen molar-refractivity contribution in [2.75, 3.05) is 0 Å². The molecule has 0 spiro atoms. The summed E-state index contributed by atoms with van der Waals surface area (Å²) in [6.07, 6.45) is 0. The molecule has 2 aromatic carbocycles. The predicted octanol–water partition coefficient (Wildman–Crippen LogP) is 3.18. The van der Waals surface area contributed by atoms with Crippen molar-refractivity contribution in [2.24, 2.45) is 0 Å². The summed E-state index contributed by atoms with van der Waals surface area (Å²) >= 11 is 0. The van der Waals surface area contributed by atoms with Gasteiger partial charge in [-0.2, -0.15) is 0 Å². The molecule has 0 radical (unpaired) electrons. The van der Waals surface area contributed by atoms with Crippen LogP contribution in [0.15, 0.2) is 42.5 Å². The molecule has 0 unspecified atom stereocenters. The molecule has 6 nitrogen and oxygen atoms in total. The van der Waals surface area contributed by atoms with E-state index < -0.39 is 10.9 Å². The maximum absolute atomic E-state index is 11.1. The van der Waals surface area contributed by atoms with Crippen molar-refractivity contribution in [3.05, 3.63) is 69.3 Å². The topological polar surface area (TPSA) is 89.7 Å². The first-order chi connectivity index (χ1) is 9.99. The third kappa shape index (κ3) is 3.36. The van der Waals surface area contributed by atoms with Crippen LogP contribution in [0.4, 0.5) is 5.69 Å². The number of hydrogen-bond donors (Lipinski definition) is 1. The fraction of sp³-hybridized carbons (Fsp3) is 0.133. The molecule has 0 saturated heterocycles. The quantitative estimate of drug-likeness (QED) is 0.673. The van der Waals surface area contributed by atoms with E-state index in [0.29, 0.717) is 5.56 Å². The predicted molar refractivity (Wildman–Crippen MR) is 75.6 cm³/mol. The van der Waals surface area contributed by atoms with Gasteiger partial charge >= 0.3 is 11.7 Å². The van der Waals surface area contributed by atoms with E-state index >= 15 is 0 Å². The van der Waals surface area contributed by atoms with Crippen LogP contribution in [0.3, 0.4) is 0 Å². The zero-order valence-electron chi connectivity index (χ0n) is 11.3. The molecule has 21 heavy (non-hydrogen) atoms. The van der Waals surface area contributed by atoms with Crippen LogP contribution in [-0.2, 0) is 6.61 Å². The number of ether oxygens (including phenoxy) is 1. The monoisotopic (exact) mass is 287 g/mol. The number of carboxylic acids is 1. The lowest BCUT2D eigenvalue weighted by molar-refractivity contribution is -0.386. The third-order valence-electron chi connectivity index (χ3n) is 2.97. The van der Waals surface area contributed by atoms with Crippen molar-refractivity contribution in [3.8, 4) is 5.75 Å². The molecule has 0 heterocycles. The molecular weight excluding hydrogens is 274 g/mol. The summed E-state index contributed by atoms with van der Waals surface area (Å²) in [5.41, 5.74) is 0.825. The van der Waals surface area contributed by atoms with Gasteiger partial charge in [0.15, 0.2) is 5.75 Å². The van der Waals surface area contributed by atoms with E-state index in [1.807, 2.05) is 30.3 Å². The van der Waals surface area contributed by atoms with E-state index in [9.17, 15) is 14.9 Å². The number of nitro groups is 1. The Labute approximate surface area is 120 Å². The molecule has 1 N–H and O–H groups in total. The second-order valence-electron chi connectivity index (χ2n) is 4.47. The van der Waals surface area contributed by atoms with Crippen molar-refractivity contribution in [3.63, 3.8) is 0 Å². The SMILES string of the molecule is Cc1cc(OCc2ccccc2)c([N+](=O)[O-])cc1C(=O)O. The molecule has 0 aliphatic rings. The van der Waals surface area contributed by atoms with Gasteiger partial charge in [0.25, 0.3) is 0 Å². The standard InChI is InChI=1S/C15H13NO5/c1-10-7-14(21-9-11-5-3-2-4-6-11)13(16(19)20)8-12(10)15(17)18/h2-8H,9H2,1H3,(H,17,18). The number of rotatable bonds is 5. The first kappa shape index (κ1) is 14.5. The fourth-order valence-corrected chi connectivity index (χ4v) is 1.89. The lowest BCUT2D eigenvalue weighted by Gasteiger charge is -2.09. The molecule has 0 amide bonds. The van der Waals surface area contributed by atoms with Crippen LogP contribution < -0.4 is 4.74 Å². The maximum atomic E-state index is 11.1. The average molecular weight is 287 g/mol. The second kappa shape index (κ2) is 6.04. The summed E-state index contributed by atoms with van der Waals surface area (Å²) in [6.45, 7) is 1.75. The summed E-state index contributed by atoms with van der Waals surface area (Å²) in [7, 11) is 0. The Balaban J connectivity index is 2.32. The summed E-state index contributed by atoms with van der Waals surface area (Å²) in [4.78, 5) is 21.4. The lowest BCUT2D eigenvalue weighted by Crippen LogP contribution is -2.04. The number of carbonyl (C=O) groups is 1. The molecule has 0 aliphatic heterocycles. The zero-order valence-corrected chi connectivity index (χ0v) is 11.3. The number of aromatic carboxylic acids is 1. The first-order valence-corrected chi connectivity index (χ1v) is 6.18. The zero-order chi connectivity index (χ0) is 15.4. The molecule has 108 valence electrons. The van der Waals surface area contributed by atoms with Gasteiger partial charge in [-0.1, -0.05) is 30.3 Å². The first-order valence-electron chi connectivity index (χ1n) is 6.18. The van der Waals surface area contributed by atoms with Gasteiger partial charge in [-0.15, -0.1) is 0 Å². The Morgan fingerprint density at radius 1 is 1.29 bits per heavy atom. The lowest BCUT2D eigenvalue weighted by atomic mass is 10.1. The van der Waals surface area contributed by atoms with E-state index in [-0.39, 0.29) is 23.6 Å². The van der Waals surface area contributed by atoms with Gasteiger partial charge in [-0.25, -0.2) is 4.79 Å². The Morgan fingerprint density at radius 2 is 1.95 bits per heavy atom. The van der Waals surface area contributed by atoms with E-state index in [4.69, 9.17) is 9.84 Å². The van der Waals surface area contributed by atoms with Crippen molar-refractivity contribution >= 4 is 11.7 Å². The summed E-state index contributed by atoms with van der Waals surface area (Å²) in [5, 5.41) is 20.1. The highest BCUT2D eigenvalue weighted by Gasteiger charge is 2.21. The number of nitrogens with zero attached hydrogens (tertiary/aromatic N) is 1. The largest absolute Gasteiger partial charge is 0.482 e. The minimum Gasteiger partial charge on any atom is -0.482 e. The summed E-state index contributed by atoms with van der Waals surface area (Å²) in [6, 6.07) is 11.6. The number of carboxylic acid groups (broad SMARTS) is 1. The Hall–Kier alpha value is -2.89. The van der Waals surface area contributed by atoms with Crippen LogP contribution in [0.5, 0.6) is 5.75 Å². The fourth-order valence-electron chi connectivity index (χ4n) is 1.89. The van der Waals surface area contributed by atoms with Gasteiger partial charge in [0, 0.05) is 6.07 Å². The van der Waals surface area contributed by atoms with E-state index in [0.717, 1.165) is 11.6 Å². The minimum atomic E-state index is -1.20. The molecule has 0 atom stereocenters. The van der Waals surface area contributed by atoms with Crippen LogP contribution in [0.1, 0.15) is 21.5 Å². The van der Waals surface area contributed by atoms with Crippen molar-refractivity contribution in [1.29, 1.82) is 0 Å². The Morgan fingerprint density at radius 3 is 2.52 bits per heavy atom. The molecule has 0 fully saturated rings. The number of hydrogen-bond acceptors (Lipinski definition) is 4. The van der Waals surface area contributed by atoms with Crippen LogP contribution in [-0.4, -0.2) is 16.0 Å². The number of aryl methyl sites for hydroxylation is 1. The normalized spacial score (nSPS) is 10.1. The molecular formula is C15H13NO5. The molecule has 0 saturated carbocycles. The summed E-state index contributed by atoms with van der Waals surface area (Å²) < 4.78 is 5.47. The smallest absolute Gasteiger partial charge is 0.336 e. The van der Waals surface area contributed by atoms with Gasteiger partial charge in [0.1, 0.15) is 6.61 Å². The third-order valence-corrected chi connectivity index (χ3v) is 2.97. The molecule has 6 heteroatoms. The van der Waals surface area contributed by atoms with Crippen LogP contribution in [0, 0.1) is 17.0 Å². The van der Waals surface area contributed by atoms with Gasteiger partial charge in [0.05, 0.1) is 10.5 Å². The van der Waals surface area contributed by atoms with Crippen LogP contribution in [0.2, 0.25) is 0 Å². The number of benzene rings is 2. The summed E-state index contributed by atoms with van der Waals surface area (Å²) in [5.74, 6) is -1.14. The van der Waals surface area contributed by atoms with E-state index in [2.05, 4.69) is 0 Å². The second-order valence-corrected chi connectivity index (χ2v) is 4.47. The van der Waals surface area contributed by atoms with Crippen molar-refractivity contribution < 1.29 is 19.6 Å². The Bertz CT molecular complexity index is 682. The van der Waals surface area contributed by atoms with Crippen LogP contribution >= 0.6 is 0 Å². The number of nitro benzene ring substituents is 1. The molecule has 2 rings (SSSR count). The highest BCUT2D eigenvalue weighted by atomic mass is 16.6. The Kier molecular flexibility index (Phi) is 4.18. The maximum Gasteiger partial charge on any atom is 0.336 e. The van der Waals surface area contributed by atoms with Crippen molar-refractivity contribution in [1.82, 2.24) is 0 Å². The molecule has 0 aromatic heterocycles. The average Bonchev–Trinajstić information content (AvgIpc) is 2.45. The molecule has 2 aromatic rings. The minimum absolute atomic E-state index is 0.0614.